The van der Waals surface area contributed by atoms with Crippen molar-refractivity contribution in [3.63, 3.8) is 0 Å². The first-order valence-corrected chi connectivity index (χ1v) is 1.87. The van der Waals surface area contributed by atoms with Gasteiger partial charge in [0.1, 0.15) is 0 Å². The van der Waals surface area contributed by atoms with Crippen molar-refractivity contribution in [3.8, 4) is 18.2 Å². The molecule has 0 radical (unpaired) electrons. The summed E-state index contributed by atoms with van der Waals surface area (Å²) in [5.41, 5.74) is -2.12. The molecule has 0 aliphatic rings. The molecule has 0 rings (SSSR count). The Labute approximate surface area is 52.0 Å². The first-order valence-electron chi connectivity index (χ1n) is 1.87. The Kier molecular flexibility index (Phi) is 1.79. The molecule has 0 aromatic heterocycles. The largest absolute Gasteiger partial charge is 0.485 e. The standard InChI is InChI=1S/C5N4/c1-9-5(2-6,3-7)4-8. The van der Waals surface area contributed by atoms with Crippen molar-refractivity contribution >= 4 is 0 Å². The molecule has 4 nitrogen and oxygen atoms in total. The van der Waals surface area contributed by atoms with Crippen LogP contribution in [0.3, 0.4) is 0 Å². The van der Waals surface area contributed by atoms with Crippen LogP contribution in [0.2, 0.25) is 0 Å². The first kappa shape index (κ1) is 6.96. The average Bonchev–Trinajstić information content (AvgIpc) is 1.95. The summed E-state index contributed by atoms with van der Waals surface area (Å²) in [7, 11) is 0. The number of nitriles is 3. The van der Waals surface area contributed by atoms with Gasteiger partial charge in [-0.15, -0.1) is 0 Å². The van der Waals surface area contributed by atoms with Gasteiger partial charge in [-0.1, -0.05) is 0 Å². The maximum absolute atomic E-state index is 8.07. The van der Waals surface area contributed by atoms with Crippen molar-refractivity contribution in [1.82, 2.24) is 0 Å². The number of hydrogen-bond acceptors (Lipinski definition) is 3. The molecule has 0 atom stereocenters. The van der Waals surface area contributed by atoms with Crippen molar-refractivity contribution in [1.29, 1.82) is 15.8 Å². The summed E-state index contributed by atoms with van der Waals surface area (Å²) in [6.45, 7) is 6.27. The van der Waals surface area contributed by atoms with E-state index in [2.05, 4.69) is 4.85 Å². The van der Waals surface area contributed by atoms with Crippen LogP contribution in [0, 0.1) is 40.6 Å². The highest BCUT2D eigenvalue weighted by molar-refractivity contribution is 5.39. The van der Waals surface area contributed by atoms with Gasteiger partial charge in [0.05, 0.1) is 0 Å². The van der Waals surface area contributed by atoms with Crippen LogP contribution in [0.25, 0.3) is 4.85 Å². The predicted octanol–water partition coefficient (Wildman–Crippen LogP) is 0.215. The Morgan fingerprint density at radius 3 is 1.44 bits per heavy atom. The number of nitrogens with zero attached hydrogens (tertiary/aromatic N) is 4. The van der Waals surface area contributed by atoms with Gasteiger partial charge in [-0.3, -0.25) is 4.85 Å². The molecule has 0 spiro atoms. The number of hydrogen-bond donors (Lipinski definition) is 0. The van der Waals surface area contributed by atoms with Gasteiger partial charge < -0.3 is 0 Å². The highest BCUT2D eigenvalue weighted by atomic mass is 14.8. The molecule has 0 fully saturated rings. The second-order valence-corrected chi connectivity index (χ2v) is 1.16. The SMILES string of the molecule is [C-]#[N+]C(C#N)(C#N)C#N. The lowest BCUT2D eigenvalue weighted by molar-refractivity contribution is 1.02. The van der Waals surface area contributed by atoms with Crippen LogP contribution in [0.4, 0.5) is 0 Å². The fourth-order valence-electron chi connectivity index (χ4n) is 0.150. The van der Waals surface area contributed by atoms with Crippen LogP contribution in [0.5, 0.6) is 0 Å². The van der Waals surface area contributed by atoms with Crippen molar-refractivity contribution in [2.45, 2.75) is 5.54 Å². The molecule has 0 aromatic carbocycles. The van der Waals surface area contributed by atoms with Gasteiger partial charge in [0.25, 0.3) is 0 Å². The van der Waals surface area contributed by atoms with E-state index in [0.717, 1.165) is 0 Å². The highest BCUT2D eigenvalue weighted by Crippen LogP contribution is 2.04. The van der Waals surface area contributed by atoms with Crippen LogP contribution in [-0.4, -0.2) is 5.54 Å². The highest BCUT2D eigenvalue weighted by Gasteiger charge is 2.36. The van der Waals surface area contributed by atoms with Gasteiger partial charge in [-0.25, -0.2) is 6.57 Å². The molecular formula is C5N4. The van der Waals surface area contributed by atoms with Crippen molar-refractivity contribution in [2.75, 3.05) is 0 Å². The molecule has 0 saturated carbocycles. The van der Waals surface area contributed by atoms with Crippen LogP contribution in [0.15, 0.2) is 0 Å². The van der Waals surface area contributed by atoms with Crippen molar-refractivity contribution in [3.05, 3.63) is 11.4 Å². The lowest BCUT2D eigenvalue weighted by Crippen LogP contribution is -2.15. The summed E-state index contributed by atoms with van der Waals surface area (Å²) in [5, 5.41) is 24.2. The van der Waals surface area contributed by atoms with E-state index in [1.54, 1.807) is 0 Å². The molecule has 0 amide bonds. The lowest BCUT2D eigenvalue weighted by Gasteiger charge is -1.86. The summed E-state index contributed by atoms with van der Waals surface area (Å²) in [4.78, 5) is 2.54. The van der Waals surface area contributed by atoms with Crippen LogP contribution in [0.1, 0.15) is 0 Å². The van der Waals surface area contributed by atoms with Gasteiger partial charge in [0.15, 0.2) is 18.2 Å². The van der Waals surface area contributed by atoms with E-state index in [1.807, 2.05) is 0 Å². The van der Waals surface area contributed by atoms with E-state index < -0.39 is 5.54 Å². The van der Waals surface area contributed by atoms with Crippen molar-refractivity contribution < 1.29 is 0 Å². The van der Waals surface area contributed by atoms with E-state index in [0.29, 0.717) is 0 Å². The quantitative estimate of drug-likeness (QED) is 0.424. The molecule has 0 heterocycles. The Morgan fingerprint density at radius 1 is 1.11 bits per heavy atom. The molecule has 0 aliphatic carbocycles. The van der Waals surface area contributed by atoms with Gasteiger partial charge in [-0.2, -0.15) is 15.8 Å². The molecule has 4 heteroatoms. The molecule has 0 N–H and O–H groups in total. The third-order valence-electron chi connectivity index (χ3n) is 0.653. The molecule has 0 aromatic rings. The average molecular weight is 116 g/mol. The summed E-state index contributed by atoms with van der Waals surface area (Å²) in [5.74, 6) is 0. The van der Waals surface area contributed by atoms with Crippen LogP contribution < -0.4 is 0 Å². The second kappa shape index (κ2) is 2.31. The van der Waals surface area contributed by atoms with Gasteiger partial charge in [-0.05, 0) is 0 Å². The van der Waals surface area contributed by atoms with Gasteiger partial charge in [0, 0.05) is 0 Å². The zero-order valence-corrected chi connectivity index (χ0v) is 4.29. The third kappa shape index (κ3) is 0.942. The molecule has 0 saturated heterocycles. The number of rotatable bonds is 0. The van der Waals surface area contributed by atoms with E-state index in [9.17, 15) is 0 Å². The fourth-order valence-corrected chi connectivity index (χ4v) is 0.150. The summed E-state index contributed by atoms with van der Waals surface area (Å²) >= 11 is 0. The Hall–Kier alpha value is -2.04. The summed E-state index contributed by atoms with van der Waals surface area (Å²) in [6, 6.07) is 3.86. The normalized spacial score (nSPS) is 7.56. The fraction of sp³-hybridized carbons (Fsp3) is 0.200. The third-order valence-corrected chi connectivity index (χ3v) is 0.653. The van der Waals surface area contributed by atoms with E-state index >= 15 is 0 Å². The predicted molar refractivity (Wildman–Crippen MR) is 26.2 cm³/mol. The summed E-state index contributed by atoms with van der Waals surface area (Å²) in [6.07, 6.45) is 0. The van der Waals surface area contributed by atoms with E-state index in [4.69, 9.17) is 22.4 Å². The van der Waals surface area contributed by atoms with Crippen LogP contribution in [-0.2, 0) is 0 Å². The minimum absolute atomic E-state index is 1.29. The van der Waals surface area contributed by atoms with Crippen molar-refractivity contribution in [2.24, 2.45) is 0 Å². The van der Waals surface area contributed by atoms with Crippen LogP contribution >= 0.6 is 0 Å². The second-order valence-electron chi connectivity index (χ2n) is 1.16. The Bertz CT molecular complexity index is 202. The molecule has 0 bridgehead atoms. The molecule has 9 heavy (non-hydrogen) atoms. The zero-order valence-electron chi connectivity index (χ0n) is 4.29. The lowest BCUT2D eigenvalue weighted by atomic mass is 10.1. The minimum Gasteiger partial charge on any atom is -0.263 e. The monoisotopic (exact) mass is 116 g/mol. The zero-order chi connectivity index (χ0) is 7.33. The Morgan fingerprint density at radius 2 is 1.44 bits per heavy atom. The molecule has 0 aliphatic heterocycles. The van der Waals surface area contributed by atoms with E-state index in [-0.39, 0.29) is 0 Å². The molecular weight excluding hydrogens is 116 g/mol. The van der Waals surface area contributed by atoms with Gasteiger partial charge in [0.2, 0.25) is 0 Å². The first-order chi connectivity index (χ1) is 4.24. The minimum atomic E-state index is -2.12. The maximum Gasteiger partial charge on any atom is 0.485 e. The molecule has 0 unspecified atom stereocenters. The Balaban J connectivity index is 4.84. The van der Waals surface area contributed by atoms with E-state index in [1.165, 1.54) is 18.2 Å². The summed E-state index contributed by atoms with van der Waals surface area (Å²) < 4.78 is 0. The maximum atomic E-state index is 8.07. The molecule has 40 valence electrons. The smallest absolute Gasteiger partial charge is 0.263 e. The van der Waals surface area contributed by atoms with Gasteiger partial charge >= 0.3 is 5.54 Å². The topological polar surface area (TPSA) is 75.7 Å².